The molecule has 0 atom stereocenters. The number of hydrogen-bond acceptors (Lipinski definition) is 2. The lowest BCUT2D eigenvalue weighted by atomic mass is 10.3. The largest absolute Gasteiger partial charge is 0.338 e. The van der Waals surface area contributed by atoms with Gasteiger partial charge in [-0.05, 0) is 6.92 Å². The maximum absolute atomic E-state index is 11.5. The van der Waals surface area contributed by atoms with Gasteiger partial charge in [-0.3, -0.25) is 10.1 Å². The molecule has 1 aromatic rings. The van der Waals surface area contributed by atoms with Crippen LogP contribution in [-0.4, -0.2) is 18.5 Å². The number of pyridine rings is 1. The minimum Gasteiger partial charge on any atom is -0.338 e. The molecular formula is C11H16N3O2+. The Labute approximate surface area is 94.5 Å². The van der Waals surface area contributed by atoms with Crippen LogP contribution >= 0.6 is 0 Å². The number of urea groups is 1. The van der Waals surface area contributed by atoms with Crippen LogP contribution in [0.25, 0.3) is 0 Å². The maximum Gasteiger partial charge on any atom is 0.321 e. The monoisotopic (exact) mass is 222 g/mol. The summed E-state index contributed by atoms with van der Waals surface area (Å²) < 4.78 is 1.77. The number of carbonyl (C=O) groups is 2. The van der Waals surface area contributed by atoms with E-state index in [1.54, 1.807) is 17.7 Å². The molecule has 5 nitrogen and oxygen atoms in total. The Hall–Kier alpha value is -1.91. The summed E-state index contributed by atoms with van der Waals surface area (Å²) in [5.41, 5.74) is 0.966. The average molecular weight is 222 g/mol. The van der Waals surface area contributed by atoms with Crippen molar-refractivity contribution in [3.8, 4) is 0 Å². The van der Waals surface area contributed by atoms with Gasteiger partial charge in [0, 0.05) is 25.6 Å². The van der Waals surface area contributed by atoms with Crippen LogP contribution in [0.15, 0.2) is 24.4 Å². The highest BCUT2D eigenvalue weighted by molar-refractivity contribution is 5.93. The highest BCUT2D eigenvalue weighted by Crippen LogP contribution is 1.87. The molecule has 16 heavy (non-hydrogen) atoms. The van der Waals surface area contributed by atoms with E-state index in [9.17, 15) is 9.59 Å². The summed E-state index contributed by atoms with van der Waals surface area (Å²) in [6, 6.07) is 5.18. The quantitative estimate of drug-likeness (QED) is 0.714. The normalized spacial score (nSPS) is 9.62. The van der Waals surface area contributed by atoms with E-state index in [0.717, 1.165) is 5.69 Å². The molecule has 0 saturated heterocycles. The Morgan fingerprint density at radius 3 is 2.75 bits per heavy atom. The summed E-state index contributed by atoms with van der Waals surface area (Å²) in [5.74, 6) is -0.328. The second-order valence-corrected chi connectivity index (χ2v) is 3.38. The molecule has 0 unspecified atom stereocenters. The molecule has 0 saturated carbocycles. The number of hydrogen-bond donors (Lipinski definition) is 2. The van der Waals surface area contributed by atoms with Crippen molar-refractivity contribution in [1.82, 2.24) is 10.6 Å². The summed E-state index contributed by atoms with van der Waals surface area (Å²) in [4.78, 5) is 22.5. The minimum absolute atomic E-state index is 0.143. The summed E-state index contributed by atoms with van der Waals surface area (Å²) in [6.45, 7) is 4.33. The number of aromatic nitrogens is 1. The molecule has 2 N–H and O–H groups in total. The van der Waals surface area contributed by atoms with Crippen LogP contribution in [0.5, 0.6) is 0 Å². The Balaban J connectivity index is 2.52. The van der Waals surface area contributed by atoms with E-state index < -0.39 is 6.03 Å². The average Bonchev–Trinajstić information content (AvgIpc) is 2.21. The summed E-state index contributed by atoms with van der Waals surface area (Å²) in [5, 5.41) is 4.74. The Bertz CT molecular complexity index is 391. The van der Waals surface area contributed by atoms with E-state index in [1.807, 2.05) is 25.1 Å². The van der Waals surface area contributed by atoms with Crippen LogP contribution in [0.1, 0.15) is 12.6 Å². The first-order valence-corrected chi connectivity index (χ1v) is 5.16. The number of aryl methyl sites for hydroxylation is 1. The van der Waals surface area contributed by atoms with Crippen molar-refractivity contribution in [3.63, 3.8) is 0 Å². The number of rotatable bonds is 3. The van der Waals surface area contributed by atoms with E-state index in [4.69, 9.17) is 0 Å². The molecule has 5 heteroatoms. The van der Waals surface area contributed by atoms with Crippen molar-refractivity contribution >= 4 is 11.9 Å². The SMILES string of the molecule is CCNC(=O)NC(=O)C[n+]1ccccc1C. The molecule has 1 heterocycles. The zero-order valence-corrected chi connectivity index (χ0v) is 9.49. The molecule has 86 valence electrons. The molecular weight excluding hydrogens is 206 g/mol. The Kier molecular flexibility index (Phi) is 4.44. The molecule has 0 spiro atoms. The van der Waals surface area contributed by atoms with Gasteiger partial charge >= 0.3 is 6.03 Å². The van der Waals surface area contributed by atoms with E-state index >= 15 is 0 Å². The van der Waals surface area contributed by atoms with Crippen LogP contribution in [0.3, 0.4) is 0 Å². The van der Waals surface area contributed by atoms with Crippen molar-refractivity contribution in [2.45, 2.75) is 20.4 Å². The van der Waals surface area contributed by atoms with Crippen LogP contribution in [0, 0.1) is 6.92 Å². The van der Waals surface area contributed by atoms with Crippen molar-refractivity contribution in [2.24, 2.45) is 0 Å². The van der Waals surface area contributed by atoms with Crippen molar-refractivity contribution in [2.75, 3.05) is 6.54 Å². The molecule has 1 rings (SSSR count). The molecule has 3 amide bonds. The van der Waals surface area contributed by atoms with Crippen LogP contribution in [0.2, 0.25) is 0 Å². The predicted octanol–water partition coefficient (Wildman–Crippen LogP) is 0.128. The minimum atomic E-state index is -0.457. The topological polar surface area (TPSA) is 62.1 Å². The molecule has 0 fully saturated rings. The summed E-state index contributed by atoms with van der Waals surface area (Å²) in [6.07, 6.45) is 1.80. The van der Waals surface area contributed by atoms with Crippen LogP contribution < -0.4 is 15.2 Å². The number of carbonyl (C=O) groups excluding carboxylic acids is 2. The third-order valence-corrected chi connectivity index (χ3v) is 2.07. The highest BCUT2D eigenvalue weighted by Gasteiger charge is 2.13. The first-order chi connectivity index (χ1) is 7.63. The van der Waals surface area contributed by atoms with E-state index in [1.165, 1.54) is 0 Å². The van der Waals surface area contributed by atoms with Gasteiger partial charge in [0.2, 0.25) is 6.54 Å². The van der Waals surface area contributed by atoms with Crippen LogP contribution in [-0.2, 0) is 11.3 Å². The number of amides is 3. The van der Waals surface area contributed by atoms with Gasteiger partial charge in [-0.2, -0.15) is 4.57 Å². The van der Waals surface area contributed by atoms with Crippen LogP contribution in [0.4, 0.5) is 4.79 Å². The smallest absolute Gasteiger partial charge is 0.321 e. The zero-order valence-electron chi connectivity index (χ0n) is 9.49. The van der Waals surface area contributed by atoms with Gasteiger partial charge in [0.25, 0.3) is 5.91 Å². The van der Waals surface area contributed by atoms with Gasteiger partial charge in [0.05, 0.1) is 0 Å². The standard InChI is InChI=1S/C11H15N3O2/c1-3-12-11(16)13-10(15)8-14-7-5-4-6-9(14)2/h4-7H,3,8H2,1-2H3,(H-,12,13,15,16)/p+1. The van der Waals surface area contributed by atoms with E-state index in [-0.39, 0.29) is 12.5 Å². The second-order valence-electron chi connectivity index (χ2n) is 3.38. The summed E-state index contributed by atoms with van der Waals surface area (Å²) >= 11 is 0. The fraction of sp³-hybridized carbons (Fsp3) is 0.364. The molecule has 0 radical (unpaired) electrons. The zero-order chi connectivity index (χ0) is 12.0. The fourth-order valence-electron chi connectivity index (χ4n) is 1.26. The molecule has 0 bridgehead atoms. The maximum atomic E-state index is 11.5. The second kappa shape index (κ2) is 5.85. The van der Waals surface area contributed by atoms with Gasteiger partial charge in [-0.15, -0.1) is 0 Å². The molecule has 0 aliphatic carbocycles. The van der Waals surface area contributed by atoms with Crippen molar-refractivity contribution < 1.29 is 14.2 Å². The third kappa shape index (κ3) is 3.68. The number of nitrogens with one attached hydrogen (secondary N) is 2. The Morgan fingerprint density at radius 2 is 2.12 bits per heavy atom. The first-order valence-electron chi connectivity index (χ1n) is 5.16. The number of imide groups is 1. The van der Waals surface area contributed by atoms with Gasteiger partial charge in [0.15, 0.2) is 11.9 Å². The lowest BCUT2D eigenvalue weighted by molar-refractivity contribution is -0.690. The molecule has 0 aliphatic heterocycles. The van der Waals surface area contributed by atoms with Gasteiger partial charge in [-0.25, -0.2) is 4.79 Å². The molecule has 0 aromatic carbocycles. The van der Waals surface area contributed by atoms with E-state index in [2.05, 4.69) is 10.6 Å². The van der Waals surface area contributed by atoms with Crippen molar-refractivity contribution in [1.29, 1.82) is 0 Å². The third-order valence-electron chi connectivity index (χ3n) is 2.07. The lowest BCUT2D eigenvalue weighted by Gasteiger charge is -2.03. The molecule has 1 aromatic heterocycles. The van der Waals surface area contributed by atoms with Gasteiger partial charge in [0.1, 0.15) is 0 Å². The van der Waals surface area contributed by atoms with E-state index in [0.29, 0.717) is 6.54 Å². The van der Waals surface area contributed by atoms with Crippen molar-refractivity contribution in [3.05, 3.63) is 30.1 Å². The lowest BCUT2D eigenvalue weighted by Crippen LogP contribution is -2.48. The number of nitrogens with zero attached hydrogens (tertiary/aromatic N) is 1. The summed E-state index contributed by atoms with van der Waals surface area (Å²) in [7, 11) is 0. The predicted molar refractivity (Wildman–Crippen MR) is 58.6 cm³/mol. The fourth-order valence-corrected chi connectivity index (χ4v) is 1.26. The van der Waals surface area contributed by atoms with Gasteiger partial charge in [-0.1, -0.05) is 6.07 Å². The molecule has 0 aliphatic rings. The Morgan fingerprint density at radius 1 is 1.38 bits per heavy atom. The van der Waals surface area contributed by atoms with Gasteiger partial charge < -0.3 is 5.32 Å². The first kappa shape index (κ1) is 12.2. The highest BCUT2D eigenvalue weighted by atomic mass is 16.2.